The molecule has 0 saturated heterocycles. The molecule has 0 aromatic heterocycles. The summed E-state index contributed by atoms with van der Waals surface area (Å²) in [5.74, 6) is 0.505. The maximum atomic E-state index is 10.6. The second kappa shape index (κ2) is 4.08. The normalized spacial score (nSPS) is 15.3. The topological polar surface area (TPSA) is 64.7 Å². The summed E-state index contributed by atoms with van der Waals surface area (Å²) in [6, 6.07) is 6.32. The fourth-order valence-corrected chi connectivity index (χ4v) is 1.39. The molecular weight excluding hydrogens is 196 g/mol. The molecule has 1 aromatic rings. The van der Waals surface area contributed by atoms with Gasteiger partial charge in [-0.3, -0.25) is 15.1 Å². The highest BCUT2D eigenvalue weighted by molar-refractivity contribution is 5.94. The lowest BCUT2D eigenvalue weighted by atomic mass is 10.2. The van der Waals surface area contributed by atoms with Crippen molar-refractivity contribution in [3.05, 3.63) is 39.9 Å². The fraction of sp³-hybridized carbons (Fsp3) is 0.300. The Labute approximate surface area is 86.5 Å². The van der Waals surface area contributed by atoms with Crippen LogP contribution in [0, 0.1) is 10.1 Å². The molecule has 5 nitrogen and oxygen atoms in total. The van der Waals surface area contributed by atoms with Gasteiger partial charge in [-0.25, -0.2) is 0 Å². The number of benzene rings is 1. The molecule has 1 aromatic carbocycles. The minimum absolute atomic E-state index is 0.0596. The molecule has 0 bridgehead atoms. The van der Waals surface area contributed by atoms with Gasteiger partial charge < -0.3 is 4.74 Å². The largest absolute Gasteiger partial charge is 0.477 e. The van der Waals surface area contributed by atoms with E-state index in [1.54, 1.807) is 12.1 Å². The Morgan fingerprint density at radius 1 is 1.47 bits per heavy atom. The Bertz CT molecular complexity index is 415. The SMILES string of the molecule is O=[N+]([O-])c1cccc(C2=NCCCO2)c1. The molecule has 0 radical (unpaired) electrons. The first-order chi connectivity index (χ1) is 7.27. The summed E-state index contributed by atoms with van der Waals surface area (Å²) in [5.41, 5.74) is 0.730. The number of hydrogen-bond donors (Lipinski definition) is 0. The van der Waals surface area contributed by atoms with Crippen LogP contribution in [-0.4, -0.2) is 24.0 Å². The van der Waals surface area contributed by atoms with Crippen molar-refractivity contribution in [2.24, 2.45) is 4.99 Å². The molecule has 78 valence electrons. The van der Waals surface area contributed by atoms with Crippen LogP contribution in [0.2, 0.25) is 0 Å². The number of nitro benzene ring substituents is 1. The maximum Gasteiger partial charge on any atom is 0.270 e. The van der Waals surface area contributed by atoms with Crippen LogP contribution in [0.4, 0.5) is 5.69 Å². The van der Waals surface area contributed by atoms with Crippen molar-refractivity contribution < 1.29 is 9.66 Å². The van der Waals surface area contributed by atoms with Crippen molar-refractivity contribution in [2.45, 2.75) is 6.42 Å². The van der Waals surface area contributed by atoms with E-state index in [4.69, 9.17) is 4.74 Å². The number of nitro groups is 1. The van der Waals surface area contributed by atoms with Crippen molar-refractivity contribution in [1.29, 1.82) is 0 Å². The number of non-ortho nitro benzene ring substituents is 1. The smallest absolute Gasteiger partial charge is 0.270 e. The van der Waals surface area contributed by atoms with E-state index >= 15 is 0 Å². The summed E-state index contributed by atoms with van der Waals surface area (Å²) >= 11 is 0. The average molecular weight is 206 g/mol. The molecule has 0 fully saturated rings. The first-order valence-corrected chi connectivity index (χ1v) is 4.69. The van der Waals surface area contributed by atoms with E-state index in [0.717, 1.165) is 13.0 Å². The number of ether oxygens (including phenoxy) is 1. The Balaban J connectivity index is 2.31. The second-order valence-electron chi connectivity index (χ2n) is 3.20. The van der Waals surface area contributed by atoms with Crippen molar-refractivity contribution in [3.63, 3.8) is 0 Å². The van der Waals surface area contributed by atoms with Crippen molar-refractivity contribution in [3.8, 4) is 0 Å². The number of nitrogens with zero attached hydrogens (tertiary/aromatic N) is 2. The Kier molecular flexibility index (Phi) is 2.62. The molecule has 0 amide bonds. The van der Waals surface area contributed by atoms with Crippen LogP contribution in [-0.2, 0) is 4.74 Å². The average Bonchev–Trinajstić information content (AvgIpc) is 2.30. The van der Waals surface area contributed by atoms with Crippen LogP contribution in [0.1, 0.15) is 12.0 Å². The number of rotatable bonds is 2. The van der Waals surface area contributed by atoms with E-state index < -0.39 is 4.92 Å². The monoisotopic (exact) mass is 206 g/mol. The molecular formula is C10H10N2O3. The molecule has 1 heterocycles. The van der Waals surface area contributed by atoms with E-state index in [-0.39, 0.29) is 5.69 Å². The second-order valence-corrected chi connectivity index (χ2v) is 3.20. The third kappa shape index (κ3) is 2.12. The van der Waals surface area contributed by atoms with E-state index in [2.05, 4.69) is 4.99 Å². The van der Waals surface area contributed by atoms with E-state index in [0.29, 0.717) is 18.1 Å². The molecule has 5 heteroatoms. The lowest BCUT2D eigenvalue weighted by Gasteiger charge is -2.13. The molecule has 0 atom stereocenters. The van der Waals surface area contributed by atoms with Crippen LogP contribution in [0.3, 0.4) is 0 Å². The fourth-order valence-electron chi connectivity index (χ4n) is 1.39. The van der Waals surface area contributed by atoms with Gasteiger partial charge in [-0.05, 0) is 6.07 Å². The molecule has 0 N–H and O–H groups in total. The summed E-state index contributed by atoms with van der Waals surface area (Å²) in [7, 11) is 0. The molecule has 2 rings (SSSR count). The standard InChI is InChI=1S/C10H10N2O3/c13-12(14)9-4-1-3-8(7-9)10-11-5-2-6-15-10/h1,3-4,7H,2,5-6H2. The van der Waals surface area contributed by atoms with Gasteiger partial charge in [-0.2, -0.15) is 0 Å². The minimum Gasteiger partial charge on any atom is -0.477 e. The number of hydrogen-bond acceptors (Lipinski definition) is 4. The summed E-state index contributed by atoms with van der Waals surface area (Å²) in [6.07, 6.45) is 0.901. The molecule has 1 aliphatic heterocycles. The van der Waals surface area contributed by atoms with Gasteiger partial charge in [0.2, 0.25) is 5.90 Å². The molecule has 1 aliphatic rings. The van der Waals surface area contributed by atoms with Gasteiger partial charge in [0.1, 0.15) is 0 Å². The third-order valence-corrected chi connectivity index (χ3v) is 2.10. The van der Waals surface area contributed by atoms with Gasteiger partial charge in [0.25, 0.3) is 5.69 Å². The van der Waals surface area contributed by atoms with Gasteiger partial charge >= 0.3 is 0 Å². The Hall–Kier alpha value is -1.91. The quantitative estimate of drug-likeness (QED) is 0.547. The predicted octanol–water partition coefficient (Wildman–Crippen LogP) is 1.76. The van der Waals surface area contributed by atoms with E-state index in [1.165, 1.54) is 12.1 Å². The molecule has 0 aliphatic carbocycles. The van der Waals surface area contributed by atoms with Crippen molar-refractivity contribution in [2.75, 3.05) is 13.2 Å². The highest BCUT2D eigenvalue weighted by Crippen LogP contribution is 2.15. The van der Waals surface area contributed by atoms with Gasteiger partial charge in [0.05, 0.1) is 11.5 Å². The summed E-state index contributed by atoms with van der Waals surface area (Å²) < 4.78 is 5.33. The predicted molar refractivity (Wildman–Crippen MR) is 55.1 cm³/mol. The molecule has 0 spiro atoms. The van der Waals surface area contributed by atoms with Crippen molar-refractivity contribution in [1.82, 2.24) is 0 Å². The zero-order valence-electron chi connectivity index (χ0n) is 8.05. The number of aliphatic imine (C=N–C) groups is 1. The zero-order valence-corrected chi connectivity index (χ0v) is 8.05. The minimum atomic E-state index is -0.424. The summed E-state index contributed by atoms with van der Waals surface area (Å²) in [4.78, 5) is 14.3. The van der Waals surface area contributed by atoms with Gasteiger partial charge in [0.15, 0.2) is 0 Å². The lowest BCUT2D eigenvalue weighted by molar-refractivity contribution is -0.384. The lowest BCUT2D eigenvalue weighted by Crippen LogP contribution is -2.14. The van der Waals surface area contributed by atoms with Gasteiger partial charge in [-0.1, -0.05) is 6.07 Å². The zero-order chi connectivity index (χ0) is 10.7. The van der Waals surface area contributed by atoms with Crippen LogP contribution in [0.15, 0.2) is 29.3 Å². The first-order valence-electron chi connectivity index (χ1n) is 4.69. The molecule has 0 saturated carbocycles. The van der Waals surface area contributed by atoms with Crippen LogP contribution in [0.5, 0.6) is 0 Å². The van der Waals surface area contributed by atoms with Gasteiger partial charge in [-0.15, -0.1) is 0 Å². The molecule has 0 unspecified atom stereocenters. The highest BCUT2D eigenvalue weighted by atomic mass is 16.6. The molecule has 15 heavy (non-hydrogen) atoms. The van der Waals surface area contributed by atoms with Crippen molar-refractivity contribution >= 4 is 11.6 Å². The summed E-state index contributed by atoms with van der Waals surface area (Å²) in [5, 5.41) is 10.6. The van der Waals surface area contributed by atoms with Crippen LogP contribution >= 0.6 is 0 Å². The van der Waals surface area contributed by atoms with Crippen LogP contribution in [0.25, 0.3) is 0 Å². The maximum absolute atomic E-state index is 10.6. The van der Waals surface area contributed by atoms with Gasteiger partial charge in [0, 0.05) is 30.7 Å². The third-order valence-electron chi connectivity index (χ3n) is 2.10. The first kappa shape index (κ1) is 9.64. The summed E-state index contributed by atoms with van der Waals surface area (Å²) in [6.45, 7) is 1.35. The van der Waals surface area contributed by atoms with E-state index in [9.17, 15) is 10.1 Å². The highest BCUT2D eigenvalue weighted by Gasteiger charge is 2.12. The Morgan fingerprint density at radius 3 is 3.00 bits per heavy atom. The Morgan fingerprint density at radius 2 is 2.33 bits per heavy atom. The van der Waals surface area contributed by atoms with E-state index in [1.807, 2.05) is 0 Å². The van der Waals surface area contributed by atoms with Crippen LogP contribution < -0.4 is 0 Å².